The van der Waals surface area contributed by atoms with Crippen molar-refractivity contribution in [2.24, 2.45) is 5.92 Å². The van der Waals surface area contributed by atoms with Crippen molar-refractivity contribution in [2.45, 2.75) is 31.6 Å². The molecule has 33 heavy (non-hydrogen) atoms. The van der Waals surface area contributed by atoms with Gasteiger partial charge in [0.25, 0.3) is 0 Å². The minimum Gasteiger partial charge on any atom is -0.481 e. The predicted octanol–water partition coefficient (Wildman–Crippen LogP) is 5.30. The van der Waals surface area contributed by atoms with Crippen LogP contribution in [0.5, 0.6) is 0 Å². The number of benzene rings is 1. The van der Waals surface area contributed by atoms with Crippen LogP contribution in [0, 0.1) is 11.7 Å². The number of nitrogens with two attached hydrogens (primary N) is 1. The van der Waals surface area contributed by atoms with E-state index in [1.165, 1.54) is 12.1 Å². The third-order valence-corrected chi connectivity index (χ3v) is 7.12. The summed E-state index contributed by atoms with van der Waals surface area (Å²) in [6.45, 7) is 0. The van der Waals surface area contributed by atoms with E-state index in [1.54, 1.807) is 23.0 Å². The first kappa shape index (κ1) is 21.5. The van der Waals surface area contributed by atoms with Crippen LogP contribution in [-0.2, 0) is 4.79 Å². The number of nitrogens with zero attached hydrogens (tertiary/aromatic N) is 4. The van der Waals surface area contributed by atoms with E-state index in [4.69, 9.17) is 10.7 Å². The van der Waals surface area contributed by atoms with Crippen LogP contribution < -0.4 is 5.73 Å². The maximum absolute atomic E-state index is 13.6. The Morgan fingerprint density at radius 1 is 1.12 bits per heavy atom. The maximum Gasteiger partial charge on any atom is 0.306 e. The van der Waals surface area contributed by atoms with E-state index in [2.05, 4.69) is 26.0 Å². The average Bonchev–Trinajstić information content (AvgIpc) is 3.26. The molecule has 1 aliphatic rings. The molecule has 3 N–H and O–H groups in total. The molecule has 0 bridgehead atoms. The van der Waals surface area contributed by atoms with Gasteiger partial charge in [0.05, 0.1) is 28.0 Å². The van der Waals surface area contributed by atoms with Gasteiger partial charge in [0.1, 0.15) is 11.6 Å². The van der Waals surface area contributed by atoms with Crippen molar-refractivity contribution in [3.8, 4) is 22.4 Å². The zero-order valence-corrected chi connectivity index (χ0v) is 19.2. The van der Waals surface area contributed by atoms with Gasteiger partial charge in [-0.1, -0.05) is 18.2 Å². The summed E-state index contributed by atoms with van der Waals surface area (Å²) in [5.41, 5.74) is 10.8. The average molecular weight is 510 g/mol. The monoisotopic (exact) mass is 509 g/mol. The largest absolute Gasteiger partial charge is 0.481 e. The third-order valence-electron chi connectivity index (χ3n) is 6.31. The molecule has 1 fully saturated rings. The second kappa shape index (κ2) is 8.55. The van der Waals surface area contributed by atoms with Gasteiger partial charge in [0.15, 0.2) is 5.65 Å². The van der Waals surface area contributed by atoms with Crippen molar-refractivity contribution < 1.29 is 14.3 Å². The van der Waals surface area contributed by atoms with Crippen LogP contribution in [0.1, 0.15) is 37.3 Å². The Balaban J connectivity index is 1.50. The summed E-state index contributed by atoms with van der Waals surface area (Å²) in [6, 6.07) is 10.1. The van der Waals surface area contributed by atoms with Gasteiger partial charge in [0.2, 0.25) is 0 Å². The van der Waals surface area contributed by atoms with Crippen LogP contribution >= 0.6 is 15.9 Å². The lowest BCUT2D eigenvalue weighted by Crippen LogP contribution is -2.21. The van der Waals surface area contributed by atoms with Gasteiger partial charge in [-0.3, -0.25) is 9.78 Å². The Kier molecular flexibility index (Phi) is 5.57. The summed E-state index contributed by atoms with van der Waals surface area (Å²) < 4.78 is 15.8. The first-order valence-electron chi connectivity index (χ1n) is 10.7. The van der Waals surface area contributed by atoms with E-state index in [0.29, 0.717) is 40.0 Å². The molecule has 1 aliphatic carbocycles. The molecule has 9 heteroatoms. The number of anilines is 1. The maximum atomic E-state index is 13.6. The van der Waals surface area contributed by atoms with Gasteiger partial charge in [-0.25, -0.2) is 9.37 Å². The van der Waals surface area contributed by atoms with Crippen LogP contribution in [0.4, 0.5) is 10.2 Å². The van der Waals surface area contributed by atoms with Crippen molar-refractivity contribution in [1.82, 2.24) is 19.6 Å². The standard InChI is InChI=1S/C24H21BrFN5O2/c25-20-21(13-4-6-14(7-5-13)24(32)33)30-23-18(12-29-31(23)22(20)27)16-8-9-19(28-11-16)15-2-1-3-17(26)10-15/h1-3,8-14H,4-7,27H2,(H,32,33)/t13-,14+. The van der Waals surface area contributed by atoms with E-state index >= 15 is 0 Å². The van der Waals surface area contributed by atoms with E-state index in [9.17, 15) is 14.3 Å². The number of hydrogen-bond donors (Lipinski definition) is 2. The Morgan fingerprint density at radius 2 is 1.91 bits per heavy atom. The number of carboxylic acids is 1. The zero-order valence-electron chi connectivity index (χ0n) is 17.6. The molecule has 3 heterocycles. The fraction of sp³-hybridized carbons (Fsp3) is 0.250. The number of aliphatic carboxylic acids is 1. The smallest absolute Gasteiger partial charge is 0.306 e. The fourth-order valence-corrected chi connectivity index (χ4v) is 5.05. The molecule has 0 amide bonds. The predicted molar refractivity (Wildman–Crippen MR) is 126 cm³/mol. The van der Waals surface area contributed by atoms with Crippen LogP contribution in [0.3, 0.4) is 0 Å². The van der Waals surface area contributed by atoms with Crippen LogP contribution in [0.15, 0.2) is 53.3 Å². The van der Waals surface area contributed by atoms with Crippen molar-refractivity contribution in [3.05, 3.63) is 64.8 Å². The number of rotatable bonds is 4. The van der Waals surface area contributed by atoms with Crippen LogP contribution in [0.25, 0.3) is 28.0 Å². The summed E-state index contributed by atoms with van der Waals surface area (Å²) in [6.07, 6.45) is 6.15. The lowest BCUT2D eigenvalue weighted by Gasteiger charge is -2.26. The van der Waals surface area contributed by atoms with Crippen molar-refractivity contribution in [1.29, 1.82) is 0 Å². The molecular formula is C24H21BrFN5O2. The molecule has 1 aromatic carbocycles. The summed E-state index contributed by atoms with van der Waals surface area (Å²) in [4.78, 5) is 20.7. The van der Waals surface area contributed by atoms with Crippen LogP contribution in [-0.4, -0.2) is 30.7 Å². The molecule has 4 aromatic rings. The molecule has 0 radical (unpaired) electrons. The Bertz CT molecular complexity index is 1350. The van der Waals surface area contributed by atoms with Gasteiger partial charge in [0, 0.05) is 28.8 Å². The van der Waals surface area contributed by atoms with E-state index in [0.717, 1.165) is 29.7 Å². The molecule has 1 saturated carbocycles. The minimum atomic E-state index is -0.734. The SMILES string of the molecule is Nc1c(Br)c([C@H]2CC[C@@H](C(=O)O)CC2)nc2c(-c3ccc(-c4cccc(F)c4)nc3)cnn12. The lowest BCUT2D eigenvalue weighted by atomic mass is 9.80. The molecule has 0 aliphatic heterocycles. The molecule has 0 atom stereocenters. The Hall–Kier alpha value is -3.33. The van der Waals surface area contributed by atoms with Crippen LogP contribution in [0.2, 0.25) is 0 Å². The summed E-state index contributed by atoms with van der Waals surface area (Å²) in [5, 5.41) is 13.7. The fourth-order valence-electron chi connectivity index (χ4n) is 4.47. The quantitative estimate of drug-likeness (QED) is 0.386. The van der Waals surface area contributed by atoms with E-state index in [1.807, 2.05) is 18.2 Å². The number of pyridine rings is 1. The Labute approximate surface area is 197 Å². The van der Waals surface area contributed by atoms with Gasteiger partial charge in [-0.15, -0.1) is 0 Å². The molecule has 0 unspecified atom stereocenters. The number of hydrogen-bond acceptors (Lipinski definition) is 5. The van der Waals surface area contributed by atoms with Gasteiger partial charge in [-0.2, -0.15) is 9.61 Å². The molecule has 5 rings (SSSR count). The topological polar surface area (TPSA) is 106 Å². The molecule has 0 saturated heterocycles. The Morgan fingerprint density at radius 3 is 2.58 bits per heavy atom. The molecule has 3 aromatic heterocycles. The number of carboxylic acid groups (broad SMARTS) is 1. The summed E-state index contributed by atoms with van der Waals surface area (Å²) >= 11 is 3.58. The minimum absolute atomic E-state index is 0.124. The highest BCUT2D eigenvalue weighted by atomic mass is 79.9. The first-order chi connectivity index (χ1) is 15.9. The lowest BCUT2D eigenvalue weighted by molar-refractivity contribution is -0.142. The number of aromatic nitrogens is 4. The van der Waals surface area contributed by atoms with Crippen molar-refractivity contribution in [2.75, 3.05) is 5.73 Å². The molecular weight excluding hydrogens is 489 g/mol. The molecule has 7 nitrogen and oxygen atoms in total. The number of fused-ring (bicyclic) bond motifs is 1. The molecule has 0 spiro atoms. The van der Waals surface area contributed by atoms with Gasteiger partial charge >= 0.3 is 5.97 Å². The van der Waals surface area contributed by atoms with Gasteiger partial charge in [-0.05, 0) is 59.8 Å². The second-order valence-corrected chi connectivity index (χ2v) is 9.11. The molecule has 168 valence electrons. The number of carbonyl (C=O) groups is 1. The van der Waals surface area contributed by atoms with Crippen molar-refractivity contribution >= 4 is 33.4 Å². The highest BCUT2D eigenvalue weighted by molar-refractivity contribution is 9.10. The van der Waals surface area contributed by atoms with Gasteiger partial charge < -0.3 is 10.8 Å². The summed E-state index contributed by atoms with van der Waals surface area (Å²) in [7, 11) is 0. The zero-order chi connectivity index (χ0) is 23.1. The highest BCUT2D eigenvalue weighted by Crippen LogP contribution is 2.40. The highest BCUT2D eigenvalue weighted by Gasteiger charge is 2.30. The third kappa shape index (κ3) is 3.97. The van der Waals surface area contributed by atoms with E-state index < -0.39 is 5.97 Å². The van der Waals surface area contributed by atoms with E-state index in [-0.39, 0.29) is 17.7 Å². The normalized spacial score (nSPS) is 18.5. The number of halogens is 2. The van der Waals surface area contributed by atoms with Crippen molar-refractivity contribution in [3.63, 3.8) is 0 Å². The summed E-state index contributed by atoms with van der Waals surface area (Å²) in [5.74, 6) is -0.766. The first-order valence-corrected chi connectivity index (χ1v) is 11.5. The second-order valence-electron chi connectivity index (χ2n) is 8.32. The number of nitrogen functional groups attached to an aromatic ring is 1.